The number of carbonyl (C=O) groups is 1. The van der Waals surface area contributed by atoms with Crippen molar-refractivity contribution in [2.75, 3.05) is 45.8 Å². The average molecular weight is 254 g/mol. The highest BCUT2D eigenvalue weighted by atomic mass is 16.2. The van der Waals surface area contributed by atoms with Gasteiger partial charge in [0.1, 0.15) is 0 Å². The Hall–Kier alpha value is -0.650. The summed E-state index contributed by atoms with van der Waals surface area (Å²) in [6, 6.07) is 0. The molecule has 2 fully saturated rings. The van der Waals surface area contributed by atoms with Crippen molar-refractivity contribution in [1.82, 2.24) is 20.9 Å². The zero-order valence-corrected chi connectivity index (χ0v) is 11.4. The van der Waals surface area contributed by atoms with Crippen LogP contribution in [0.2, 0.25) is 0 Å². The second-order valence-electron chi connectivity index (χ2n) is 5.56. The number of amides is 1. The van der Waals surface area contributed by atoms with E-state index in [9.17, 15) is 4.79 Å². The second kappa shape index (κ2) is 6.50. The van der Waals surface area contributed by atoms with E-state index in [1.165, 1.54) is 6.42 Å². The van der Waals surface area contributed by atoms with Gasteiger partial charge in [0.25, 0.3) is 0 Å². The van der Waals surface area contributed by atoms with Crippen molar-refractivity contribution in [3.8, 4) is 0 Å². The normalized spacial score (nSPS) is 30.1. The van der Waals surface area contributed by atoms with E-state index >= 15 is 0 Å². The minimum atomic E-state index is -0.346. The summed E-state index contributed by atoms with van der Waals surface area (Å²) >= 11 is 0. The molecule has 0 radical (unpaired) electrons. The molecule has 18 heavy (non-hydrogen) atoms. The number of piperidine rings is 1. The van der Waals surface area contributed by atoms with Gasteiger partial charge in [0, 0.05) is 39.3 Å². The molecule has 0 spiro atoms. The average Bonchev–Trinajstić information content (AvgIpc) is 2.41. The summed E-state index contributed by atoms with van der Waals surface area (Å²) in [4.78, 5) is 14.6. The van der Waals surface area contributed by atoms with Crippen LogP contribution in [0.1, 0.15) is 26.2 Å². The summed E-state index contributed by atoms with van der Waals surface area (Å²) < 4.78 is 0. The number of rotatable bonds is 4. The predicted molar refractivity (Wildman–Crippen MR) is 72.6 cm³/mol. The van der Waals surface area contributed by atoms with Crippen LogP contribution in [0.25, 0.3) is 0 Å². The maximum atomic E-state index is 12.2. The molecule has 3 N–H and O–H groups in total. The molecule has 2 aliphatic rings. The van der Waals surface area contributed by atoms with Gasteiger partial charge >= 0.3 is 0 Å². The summed E-state index contributed by atoms with van der Waals surface area (Å²) in [6.45, 7) is 9.00. The van der Waals surface area contributed by atoms with Crippen LogP contribution in [0.15, 0.2) is 0 Å². The third kappa shape index (κ3) is 3.67. The summed E-state index contributed by atoms with van der Waals surface area (Å²) in [5.74, 6) is 0.164. The molecule has 0 aliphatic carbocycles. The number of nitrogens with one attached hydrogen (secondary N) is 3. The summed E-state index contributed by atoms with van der Waals surface area (Å²) in [5, 5.41) is 9.76. The standard InChI is InChI=1S/C13H26N4O/c1-13(4-2-3-5-16-13)12(18)15-8-11-17-9-6-14-7-10-17/h14,16H,2-11H2,1H3,(H,15,18). The van der Waals surface area contributed by atoms with Crippen molar-refractivity contribution in [2.45, 2.75) is 31.7 Å². The molecule has 0 aromatic carbocycles. The van der Waals surface area contributed by atoms with E-state index in [0.717, 1.165) is 58.7 Å². The Labute approximate surface area is 110 Å². The van der Waals surface area contributed by atoms with Crippen molar-refractivity contribution in [1.29, 1.82) is 0 Å². The molecule has 2 aliphatic heterocycles. The molecule has 0 bridgehead atoms. The van der Waals surface area contributed by atoms with Crippen LogP contribution in [0, 0.1) is 0 Å². The first-order valence-electron chi connectivity index (χ1n) is 7.17. The van der Waals surface area contributed by atoms with Crippen molar-refractivity contribution in [2.24, 2.45) is 0 Å². The minimum absolute atomic E-state index is 0.164. The molecular weight excluding hydrogens is 228 g/mol. The van der Waals surface area contributed by atoms with Crippen LogP contribution in [0.4, 0.5) is 0 Å². The van der Waals surface area contributed by atoms with Crippen LogP contribution in [0.5, 0.6) is 0 Å². The Morgan fingerprint density at radius 2 is 2.06 bits per heavy atom. The molecule has 2 heterocycles. The minimum Gasteiger partial charge on any atom is -0.353 e. The molecule has 5 nitrogen and oxygen atoms in total. The first kappa shape index (κ1) is 13.8. The SMILES string of the molecule is CC1(C(=O)NCCN2CCNCC2)CCCCN1. The number of hydrogen-bond acceptors (Lipinski definition) is 4. The van der Waals surface area contributed by atoms with E-state index in [0.29, 0.717) is 0 Å². The van der Waals surface area contributed by atoms with Crippen LogP contribution in [-0.2, 0) is 4.79 Å². The van der Waals surface area contributed by atoms with E-state index in [4.69, 9.17) is 0 Å². The van der Waals surface area contributed by atoms with E-state index in [-0.39, 0.29) is 11.4 Å². The Balaban J connectivity index is 1.67. The van der Waals surface area contributed by atoms with Crippen molar-refractivity contribution >= 4 is 5.91 Å². The quantitative estimate of drug-likeness (QED) is 0.635. The van der Waals surface area contributed by atoms with Crippen LogP contribution < -0.4 is 16.0 Å². The molecular formula is C13H26N4O. The smallest absolute Gasteiger partial charge is 0.240 e. The highest BCUT2D eigenvalue weighted by molar-refractivity contribution is 5.85. The maximum absolute atomic E-state index is 12.2. The van der Waals surface area contributed by atoms with Gasteiger partial charge in [0.05, 0.1) is 5.54 Å². The molecule has 1 unspecified atom stereocenters. The fraction of sp³-hybridized carbons (Fsp3) is 0.923. The molecule has 1 amide bonds. The fourth-order valence-corrected chi connectivity index (χ4v) is 2.71. The maximum Gasteiger partial charge on any atom is 0.240 e. The molecule has 0 aromatic heterocycles. The highest BCUT2D eigenvalue weighted by Gasteiger charge is 2.33. The number of piperazine rings is 1. The van der Waals surface area contributed by atoms with E-state index in [1.54, 1.807) is 0 Å². The Kier molecular flexibility index (Phi) is 4.97. The van der Waals surface area contributed by atoms with E-state index in [1.807, 2.05) is 6.92 Å². The van der Waals surface area contributed by atoms with Gasteiger partial charge in [-0.05, 0) is 32.7 Å². The zero-order chi connectivity index (χ0) is 12.8. The van der Waals surface area contributed by atoms with Gasteiger partial charge in [-0.2, -0.15) is 0 Å². The lowest BCUT2D eigenvalue weighted by molar-refractivity contribution is -0.128. The summed E-state index contributed by atoms with van der Waals surface area (Å²) in [5.41, 5.74) is -0.346. The van der Waals surface area contributed by atoms with Gasteiger partial charge in [-0.15, -0.1) is 0 Å². The molecule has 5 heteroatoms. The van der Waals surface area contributed by atoms with Gasteiger partial charge < -0.3 is 16.0 Å². The molecule has 0 saturated carbocycles. The lowest BCUT2D eigenvalue weighted by atomic mass is 9.90. The van der Waals surface area contributed by atoms with Crippen molar-refractivity contribution in [3.63, 3.8) is 0 Å². The van der Waals surface area contributed by atoms with Gasteiger partial charge in [0.2, 0.25) is 5.91 Å². The van der Waals surface area contributed by atoms with Gasteiger partial charge in [-0.25, -0.2) is 0 Å². The predicted octanol–water partition coefficient (Wildman–Crippen LogP) is -0.460. The topological polar surface area (TPSA) is 56.4 Å². The molecule has 1 atom stereocenters. The van der Waals surface area contributed by atoms with Gasteiger partial charge in [-0.1, -0.05) is 0 Å². The number of nitrogens with zero attached hydrogens (tertiary/aromatic N) is 1. The van der Waals surface area contributed by atoms with Crippen LogP contribution >= 0.6 is 0 Å². The monoisotopic (exact) mass is 254 g/mol. The lowest BCUT2D eigenvalue weighted by Crippen LogP contribution is -2.57. The lowest BCUT2D eigenvalue weighted by Gasteiger charge is -2.34. The Morgan fingerprint density at radius 1 is 1.28 bits per heavy atom. The van der Waals surface area contributed by atoms with Gasteiger partial charge in [-0.3, -0.25) is 9.69 Å². The summed E-state index contributed by atoms with van der Waals surface area (Å²) in [6.07, 6.45) is 3.28. The van der Waals surface area contributed by atoms with E-state index < -0.39 is 0 Å². The highest BCUT2D eigenvalue weighted by Crippen LogP contribution is 2.18. The largest absolute Gasteiger partial charge is 0.353 e. The first-order valence-corrected chi connectivity index (χ1v) is 7.17. The van der Waals surface area contributed by atoms with Crippen LogP contribution in [-0.4, -0.2) is 62.2 Å². The van der Waals surface area contributed by atoms with Gasteiger partial charge in [0.15, 0.2) is 0 Å². The Bertz CT molecular complexity index is 270. The summed E-state index contributed by atoms with van der Waals surface area (Å²) in [7, 11) is 0. The fourth-order valence-electron chi connectivity index (χ4n) is 2.71. The van der Waals surface area contributed by atoms with Crippen LogP contribution in [0.3, 0.4) is 0 Å². The Morgan fingerprint density at radius 3 is 2.72 bits per heavy atom. The second-order valence-corrected chi connectivity index (χ2v) is 5.56. The molecule has 104 valence electrons. The first-order chi connectivity index (χ1) is 8.71. The molecule has 2 saturated heterocycles. The van der Waals surface area contributed by atoms with Crippen molar-refractivity contribution < 1.29 is 4.79 Å². The van der Waals surface area contributed by atoms with E-state index in [2.05, 4.69) is 20.9 Å². The number of hydrogen-bond donors (Lipinski definition) is 3. The van der Waals surface area contributed by atoms with Crippen molar-refractivity contribution in [3.05, 3.63) is 0 Å². The number of carbonyl (C=O) groups excluding carboxylic acids is 1. The molecule has 0 aromatic rings. The third-order valence-electron chi connectivity index (χ3n) is 4.04. The third-order valence-corrected chi connectivity index (χ3v) is 4.04. The zero-order valence-electron chi connectivity index (χ0n) is 11.4. The molecule has 2 rings (SSSR count).